The molecule has 1 amide bonds. The normalized spacial score (nSPS) is 9.48. The quantitative estimate of drug-likeness (QED) is 0.622. The van der Waals surface area contributed by atoms with E-state index in [0.29, 0.717) is 5.56 Å². The number of benzene rings is 1. The minimum atomic E-state index is -0.674. The third-order valence-electron chi connectivity index (χ3n) is 2.47. The van der Waals surface area contributed by atoms with Crippen LogP contribution in [0.4, 0.5) is 4.39 Å². The number of hydrogen-bond acceptors (Lipinski definition) is 4. The number of ether oxygens (including phenoxy) is 1. The van der Waals surface area contributed by atoms with Gasteiger partial charge in [-0.05, 0) is 25.1 Å². The molecule has 0 bridgehead atoms. The Hall–Kier alpha value is -2.39. The maximum atomic E-state index is 13.8. The van der Waals surface area contributed by atoms with E-state index < -0.39 is 17.7 Å². The molecule has 1 rings (SSSR count). The molecular formula is C15H17FN2O3. The van der Waals surface area contributed by atoms with E-state index in [1.165, 1.54) is 18.2 Å². The van der Waals surface area contributed by atoms with E-state index in [9.17, 15) is 14.0 Å². The van der Waals surface area contributed by atoms with Crippen LogP contribution in [0.3, 0.4) is 0 Å². The fraction of sp³-hybridized carbons (Fsp3) is 0.333. The molecule has 1 aromatic rings. The molecule has 0 atom stereocenters. The van der Waals surface area contributed by atoms with Gasteiger partial charge in [0.25, 0.3) is 5.91 Å². The van der Waals surface area contributed by atoms with E-state index >= 15 is 0 Å². The Morgan fingerprint density at radius 2 is 2.19 bits per heavy atom. The van der Waals surface area contributed by atoms with E-state index in [4.69, 9.17) is 10.5 Å². The first-order chi connectivity index (χ1) is 10.1. The zero-order chi connectivity index (χ0) is 15.7. The van der Waals surface area contributed by atoms with Crippen molar-refractivity contribution in [3.63, 3.8) is 0 Å². The summed E-state index contributed by atoms with van der Waals surface area (Å²) in [4.78, 5) is 22.9. The van der Waals surface area contributed by atoms with Crippen LogP contribution in [0.1, 0.15) is 29.3 Å². The number of carbonyl (C=O) groups excluding carboxylic acids is 2. The van der Waals surface area contributed by atoms with Crippen LogP contribution < -0.4 is 11.1 Å². The van der Waals surface area contributed by atoms with E-state index in [1.807, 2.05) is 0 Å². The Labute approximate surface area is 122 Å². The Bertz CT molecular complexity index is 576. The first-order valence-electron chi connectivity index (χ1n) is 6.50. The van der Waals surface area contributed by atoms with Gasteiger partial charge in [0.05, 0.1) is 25.1 Å². The van der Waals surface area contributed by atoms with Crippen LogP contribution in [0.25, 0.3) is 0 Å². The molecule has 0 heterocycles. The fourth-order valence-electron chi connectivity index (χ4n) is 1.54. The van der Waals surface area contributed by atoms with E-state index in [1.54, 1.807) is 6.92 Å². The summed E-state index contributed by atoms with van der Waals surface area (Å²) in [6.45, 7) is 2.25. The number of nitrogens with one attached hydrogen (secondary N) is 1. The average molecular weight is 292 g/mol. The van der Waals surface area contributed by atoms with Gasteiger partial charge >= 0.3 is 5.97 Å². The lowest BCUT2D eigenvalue weighted by Crippen LogP contribution is -2.27. The van der Waals surface area contributed by atoms with Crippen molar-refractivity contribution in [3.05, 3.63) is 35.1 Å². The second-order valence-corrected chi connectivity index (χ2v) is 4.01. The number of hydrogen-bond donors (Lipinski definition) is 2. The maximum absolute atomic E-state index is 13.8. The highest BCUT2D eigenvalue weighted by Crippen LogP contribution is 2.09. The summed E-state index contributed by atoms with van der Waals surface area (Å²) in [5, 5.41) is 2.46. The van der Waals surface area contributed by atoms with Gasteiger partial charge < -0.3 is 15.8 Å². The van der Waals surface area contributed by atoms with Gasteiger partial charge in [-0.3, -0.25) is 9.59 Å². The smallest absolute Gasteiger partial charge is 0.307 e. The van der Waals surface area contributed by atoms with Crippen LogP contribution in [0.5, 0.6) is 0 Å². The molecule has 112 valence electrons. The fourth-order valence-corrected chi connectivity index (χ4v) is 1.54. The van der Waals surface area contributed by atoms with Gasteiger partial charge in [-0.1, -0.05) is 11.8 Å². The number of amides is 1. The number of nitrogens with two attached hydrogens (primary N) is 1. The monoisotopic (exact) mass is 292 g/mol. The van der Waals surface area contributed by atoms with Gasteiger partial charge in [0.1, 0.15) is 5.82 Å². The molecule has 0 aliphatic heterocycles. The highest BCUT2D eigenvalue weighted by atomic mass is 19.1. The Morgan fingerprint density at radius 1 is 1.43 bits per heavy atom. The SMILES string of the molecule is CCOC(=O)CCNC(=O)c1ccc(C#CCN)cc1F. The Morgan fingerprint density at radius 3 is 2.81 bits per heavy atom. The molecule has 0 aliphatic carbocycles. The summed E-state index contributed by atoms with van der Waals surface area (Å²) in [7, 11) is 0. The standard InChI is InChI=1S/C15H17FN2O3/c1-2-21-14(19)7-9-18-15(20)12-6-5-11(4-3-8-17)10-13(12)16/h5-6,10H,2,7-9,17H2,1H3,(H,18,20). The summed E-state index contributed by atoms with van der Waals surface area (Å²) in [6.07, 6.45) is 0.0429. The van der Waals surface area contributed by atoms with Crippen LogP contribution in [-0.2, 0) is 9.53 Å². The first-order valence-corrected chi connectivity index (χ1v) is 6.50. The Kier molecular flexibility index (Phi) is 6.92. The summed E-state index contributed by atoms with van der Waals surface area (Å²) >= 11 is 0. The van der Waals surface area contributed by atoms with Crippen molar-refractivity contribution in [2.24, 2.45) is 5.73 Å². The molecule has 0 aromatic heterocycles. The molecule has 3 N–H and O–H groups in total. The summed E-state index contributed by atoms with van der Waals surface area (Å²) < 4.78 is 18.5. The molecule has 0 spiro atoms. The van der Waals surface area contributed by atoms with Crippen molar-refractivity contribution >= 4 is 11.9 Å². The van der Waals surface area contributed by atoms with E-state index in [-0.39, 0.29) is 31.7 Å². The van der Waals surface area contributed by atoms with Crippen molar-refractivity contribution in [2.75, 3.05) is 19.7 Å². The van der Waals surface area contributed by atoms with Crippen molar-refractivity contribution < 1.29 is 18.7 Å². The summed E-state index contributed by atoms with van der Waals surface area (Å²) in [5.41, 5.74) is 5.57. The van der Waals surface area contributed by atoms with E-state index in [2.05, 4.69) is 17.2 Å². The largest absolute Gasteiger partial charge is 0.466 e. The van der Waals surface area contributed by atoms with Crippen LogP contribution in [0.2, 0.25) is 0 Å². The van der Waals surface area contributed by atoms with Crippen LogP contribution in [0.15, 0.2) is 18.2 Å². The summed E-state index contributed by atoms with van der Waals surface area (Å²) in [6, 6.07) is 4.05. The Balaban J connectivity index is 2.60. The van der Waals surface area contributed by atoms with E-state index in [0.717, 1.165) is 0 Å². The lowest BCUT2D eigenvalue weighted by atomic mass is 10.1. The number of carbonyl (C=O) groups is 2. The lowest BCUT2D eigenvalue weighted by molar-refractivity contribution is -0.142. The van der Waals surface area contributed by atoms with Gasteiger partial charge in [0.15, 0.2) is 0 Å². The molecule has 0 saturated carbocycles. The van der Waals surface area contributed by atoms with Gasteiger partial charge in [0.2, 0.25) is 0 Å². The molecule has 5 nitrogen and oxygen atoms in total. The number of rotatable bonds is 5. The average Bonchev–Trinajstić information content (AvgIpc) is 2.45. The molecular weight excluding hydrogens is 275 g/mol. The lowest BCUT2D eigenvalue weighted by Gasteiger charge is -2.06. The second kappa shape index (κ2) is 8.72. The molecule has 1 aromatic carbocycles. The minimum Gasteiger partial charge on any atom is -0.466 e. The molecule has 0 unspecified atom stereocenters. The van der Waals surface area contributed by atoms with Crippen molar-refractivity contribution in [1.82, 2.24) is 5.32 Å². The van der Waals surface area contributed by atoms with Crippen molar-refractivity contribution in [1.29, 1.82) is 0 Å². The van der Waals surface area contributed by atoms with Crippen molar-refractivity contribution in [2.45, 2.75) is 13.3 Å². The minimum absolute atomic E-state index is 0.0429. The number of halogens is 1. The van der Waals surface area contributed by atoms with Crippen molar-refractivity contribution in [3.8, 4) is 11.8 Å². The third kappa shape index (κ3) is 5.63. The molecule has 21 heavy (non-hydrogen) atoms. The third-order valence-corrected chi connectivity index (χ3v) is 2.47. The maximum Gasteiger partial charge on any atom is 0.307 e. The zero-order valence-corrected chi connectivity index (χ0v) is 11.7. The zero-order valence-electron chi connectivity index (χ0n) is 11.7. The highest BCUT2D eigenvalue weighted by molar-refractivity contribution is 5.94. The van der Waals surface area contributed by atoms with Crippen LogP contribution in [0, 0.1) is 17.7 Å². The molecule has 0 aliphatic rings. The molecule has 6 heteroatoms. The summed E-state index contributed by atoms with van der Waals surface area (Å²) in [5.74, 6) is 3.60. The topological polar surface area (TPSA) is 81.4 Å². The second-order valence-electron chi connectivity index (χ2n) is 4.01. The predicted octanol–water partition coefficient (Wildman–Crippen LogP) is 0.819. The van der Waals surface area contributed by atoms with Gasteiger partial charge in [-0.2, -0.15) is 0 Å². The molecule has 0 saturated heterocycles. The molecule has 0 radical (unpaired) electrons. The van der Waals surface area contributed by atoms with Gasteiger partial charge in [-0.15, -0.1) is 0 Å². The van der Waals surface area contributed by atoms with Crippen LogP contribution >= 0.6 is 0 Å². The highest BCUT2D eigenvalue weighted by Gasteiger charge is 2.12. The van der Waals surface area contributed by atoms with Gasteiger partial charge in [-0.25, -0.2) is 4.39 Å². The number of esters is 1. The molecule has 0 fully saturated rings. The predicted molar refractivity (Wildman–Crippen MR) is 75.9 cm³/mol. The first kappa shape index (κ1) is 16.7. The van der Waals surface area contributed by atoms with Crippen LogP contribution in [-0.4, -0.2) is 31.6 Å². The van der Waals surface area contributed by atoms with Gasteiger partial charge in [0, 0.05) is 12.1 Å².